The van der Waals surface area contributed by atoms with Crippen LogP contribution < -0.4 is 16.7 Å². The number of aromatic amines is 1. The Labute approximate surface area is 109 Å². The summed E-state index contributed by atoms with van der Waals surface area (Å²) >= 11 is 0. The third-order valence-electron chi connectivity index (χ3n) is 2.79. The van der Waals surface area contributed by atoms with Crippen molar-refractivity contribution in [1.82, 2.24) is 9.55 Å². The highest BCUT2D eigenvalue weighted by molar-refractivity contribution is 6.58. The van der Waals surface area contributed by atoms with Gasteiger partial charge in [0, 0.05) is 11.8 Å². The Bertz CT molecular complexity index is 705. The molecule has 0 fully saturated rings. The van der Waals surface area contributed by atoms with Crippen molar-refractivity contribution in [2.75, 3.05) is 0 Å². The quantitative estimate of drug-likeness (QED) is 0.590. The summed E-state index contributed by atoms with van der Waals surface area (Å²) in [5.41, 5.74) is 0.634. The molecule has 6 nitrogen and oxygen atoms in total. The van der Waals surface area contributed by atoms with Crippen LogP contribution in [0.2, 0.25) is 0 Å². The summed E-state index contributed by atoms with van der Waals surface area (Å²) in [6.07, 6.45) is 1.48. The molecule has 0 atom stereocenters. The normalized spacial score (nSPS) is 10.5. The summed E-state index contributed by atoms with van der Waals surface area (Å²) in [7, 11) is -1.55. The number of H-pyrrole nitrogens is 1. The Balaban J connectivity index is 2.36. The van der Waals surface area contributed by atoms with Gasteiger partial charge in [-0.1, -0.05) is 24.3 Å². The highest BCUT2D eigenvalue weighted by atomic mass is 16.4. The third-order valence-corrected chi connectivity index (χ3v) is 2.79. The van der Waals surface area contributed by atoms with Gasteiger partial charge in [0.1, 0.15) is 0 Å². The van der Waals surface area contributed by atoms with Crippen LogP contribution in [0.15, 0.2) is 40.1 Å². The van der Waals surface area contributed by atoms with Crippen molar-refractivity contribution in [2.45, 2.75) is 13.5 Å². The molecular formula is C12H13BN2O4. The molecule has 2 rings (SSSR count). The molecule has 0 saturated heterocycles. The minimum atomic E-state index is -1.55. The van der Waals surface area contributed by atoms with Crippen LogP contribution in [0.3, 0.4) is 0 Å². The van der Waals surface area contributed by atoms with Crippen LogP contribution in [-0.2, 0) is 6.54 Å². The lowest BCUT2D eigenvalue weighted by Crippen LogP contribution is -2.32. The maximum Gasteiger partial charge on any atom is 0.488 e. The van der Waals surface area contributed by atoms with Crippen molar-refractivity contribution in [3.63, 3.8) is 0 Å². The lowest BCUT2D eigenvalue weighted by molar-refractivity contribution is 0.425. The van der Waals surface area contributed by atoms with Crippen molar-refractivity contribution in [3.05, 3.63) is 62.4 Å². The van der Waals surface area contributed by atoms with E-state index >= 15 is 0 Å². The average molecular weight is 260 g/mol. The van der Waals surface area contributed by atoms with Gasteiger partial charge in [0.05, 0.1) is 6.54 Å². The summed E-state index contributed by atoms with van der Waals surface area (Å²) in [4.78, 5) is 25.1. The summed E-state index contributed by atoms with van der Waals surface area (Å²) in [6, 6.07) is 6.61. The molecular weight excluding hydrogens is 247 g/mol. The van der Waals surface area contributed by atoms with Crippen LogP contribution in [-0.4, -0.2) is 26.7 Å². The van der Waals surface area contributed by atoms with Crippen molar-refractivity contribution in [3.8, 4) is 0 Å². The first kappa shape index (κ1) is 13.3. The van der Waals surface area contributed by atoms with Gasteiger partial charge >= 0.3 is 12.8 Å². The summed E-state index contributed by atoms with van der Waals surface area (Å²) in [5.74, 6) is 0. The van der Waals surface area contributed by atoms with Crippen LogP contribution in [0.25, 0.3) is 0 Å². The Kier molecular flexibility index (Phi) is 3.68. The molecule has 1 aromatic carbocycles. The molecule has 0 bridgehead atoms. The molecule has 0 saturated carbocycles. The molecule has 0 aliphatic heterocycles. The Morgan fingerprint density at radius 3 is 2.74 bits per heavy atom. The third kappa shape index (κ3) is 3.01. The van der Waals surface area contributed by atoms with Crippen molar-refractivity contribution in [1.29, 1.82) is 0 Å². The Morgan fingerprint density at radius 1 is 1.32 bits per heavy atom. The van der Waals surface area contributed by atoms with Gasteiger partial charge in [-0.2, -0.15) is 0 Å². The lowest BCUT2D eigenvalue weighted by atomic mass is 9.79. The SMILES string of the molecule is Cc1cn(Cc2cccc(B(O)O)c2)c(=O)[nH]c1=O. The number of nitrogens with zero attached hydrogens (tertiary/aromatic N) is 1. The standard InChI is InChI=1S/C12H13BN2O4/c1-8-6-15(12(17)14-11(8)16)7-9-3-2-4-10(5-9)13(18)19/h2-6,18-19H,7H2,1H3,(H,14,16,17). The first-order valence-electron chi connectivity index (χ1n) is 5.72. The number of hydrogen-bond acceptors (Lipinski definition) is 4. The van der Waals surface area contributed by atoms with E-state index in [1.165, 1.54) is 10.8 Å². The van der Waals surface area contributed by atoms with Crippen LogP contribution in [0.5, 0.6) is 0 Å². The first-order valence-corrected chi connectivity index (χ1v) is 5.72. The lowest BCUT2D eigenvalue weighted by Gasteiger charge is -2.07. The zero-order chi connectivity index (χ0) is 14.0. The van der Waals surface area contributed by atoms with Gasteiger partial charge in [0.2, 0.25) is 0 Å². The molecule has 3 N–H and O–H groups in total. The fraction of sp³-hybridized carbons (Fsp3) is 0.167. The summed E-state index contributed by atoms with van der Waals surface area (Å²) < 4.78 is 1.36. The predicted molar refractivity (Wildman–Crippen MR) is 71.4 cm³/mol. The van der Waals surface area contributed by atoms with E-state index in [1.54, 1.807) is 31.2 Å². The van der Waals surface area contributed by atoms with Gasteiger partial charge in [-0.25, -0.2) is 4.79 Å². The maximum absolute atomic E-state index is 11.6. The molecule has 0 radical (unpaired) electrons. The molecule has 0 amide bonds. The molecule has 1 heterocycles. The highest BCUT2D eigenvalue weighted by Crippen LogP contribution is 1.99. The molecule has 19 heavy (non-hydrogen) atoms. The topological polar surface area (TPSA) is 95.3 Å². The monoisotopic (exact) mass is 260 g/mol. The summed E-state index contributed by atoms with van der Waals surface area (Å²) in [6.45, 7) is 1.86. The van der Waals surface area contributed by atoms with Crippen molar-refractivity contribution in [2.24, 2.45) is 0 Å². The molecule has 0 aliphatic carbocycles. The highest BCUT2D eigenvalue weighted by Gasteiger charge is 2.11. The Hall–Kier alpha value is -2.12. The van der Waals surface area contributed by atoms with E-state index in [4.69, 9.17) is 10.0 Å². The molecule has 2 aromatic rings. The second kappa shape index (κ2) is 5.25. The maximum atomic E-state index is 11.6. The molecule has 98 valence electrons. The van der Waals surface area contributed by atoms with E-state index in [0.29, 0.717) is 11.0 Å². The zero-order valence-electron chi connectivity index (χ0n) is 10.3. The Morgan fingerprint density at radius 2 is 2.05 bits per heavy atom. The zero-order valence-corrected chi connectivity index (χ0v) is 10.3. The van der Waals surface area contributed by atoms with E-state index in [1.807, 2.05) is 0 Å². The minimum absolute atomic E-state index is 0.247. The number of aromatic nitrogens is 2. The minimum Gasteiger partial charge on any atom is -0.423 e. The second-order valence-corrected chi connectivity index (χ2v) is 4.32. The summed E-state index contributed by atoms with van der Waals surface area (Å²) in [5, 5.41) is 18.2. The molecule has 0 aliphatic rings. The van der Waals surface area contributed by atoms with Gasteiger partial charge in [0.15, 0.2) is 0 Å². The molecule has 0 unspecified atom stereocenters. The molecule has 7 heteroatoms. The first-order chi connectivity index (χ1) is 8.97. The number of aryl methyl sites for hydroxylation is 1. The number of rotatable bonds is 3. The van der Waals surface area contributed by atoms with E-state index < -0.39 is 18.4 Å². The fourth-order valence-electron chi connectivity index (χ4n) is 1.78. The predicted octanol–water partition coefficient (Wildman–Crippen LogP) is -1.43. The van der Waals surface area contributed by atoms with Gasteiger partial charge in [0.25, 0.3) is 5.56 Å². The van der Waals surface area contributed by atoms with Crippen molar-refractivity contribution >= 4 is 12.6 Å². The molecule has 1 aromatic heterocycles. The average Bonchev–Trinajstić information content (AvgIpc) is 2.36. The van der Waals surface area contributed by atoms with Crippen LogP contribution >= 0.6 is 0 Å². The van der Waals surface area contributed by atoms with E-state index in [-0.39, 0.29) is 6.54 Å². The molecule has 0 spiro atoms. The van der Waals surface area contributed by atoms with Gasteiger partial charge < -0.3 is 10.0 Å². The second-order valence-electron chi connectivity index (χ2n) is 4.32. The van der Waals surface area contributed by atoms with E-state index in [0.717, 1.165) is 5.56 Å². The van der Waals surface area contributed by atoms with Gasteiger partial charge in [-0.15, -0.1) is 0 Å². The van der Waals surface area contributed by atoms with Gasteiger partial charge in [-0.05, 0) is 17.9 Å². The van der Waals surface area contributed by atoms with Gasteiger partial charge in [-0.3, -0.25) is 14.3 Å². The largest absolute Gasteiger partial charge is 0.488 e. The van der Waals surface area contributed by atoms with Crippen LogP contribution in [0.4, 0.5) is 0 Å². The smallest absolute Gasteiger partial charge is 0.423 e. The number of hydrogen-bond donors (Lipinski definition) is 3. The van der Waals surface area contributed by atoms with Crippen LogP contribution in [0, 0.1) is 6.92 Å². The van der Waals surface area contributed by atoms with Crippen LogP contribution in [0.1, 0.15) is 11.1 Å². The van der Waals surface area contributed by atoms with E-state index in [9.17, 15) is 9.59 Å². The number of benzene rings is 1. The number of nitrogens with one attached hydrogen (secondary N) is 1. The van der Waals surface area contributed by atoms with E-state index in [2.05, 4.69) is 4.98 Å². The van der Waals surface area contributed by atoms with Crippen molar-refractivity contribution < 1.29 is 10.0 Å². The fourth-order valence-corrected chi connectivity index (χ4v) is 1.78.